The first-order valence-electron chi connectivity index (χ1n) is 7.83. The fraction of sp³-hybridized carbons (Fsp3) is 0.529. The molecule has 7 heteroatoms. The second-order valence-electron chi connectivity index (χ2n) is 6.45. The van der Waals surface area contributed by atoms with E-state index < -0.39 is 23.7 Å². The van der Waals surface area contributed by atoms with Crippen LogP contribution in [0.3, 0.4) is 0 Å². The number of anilines is 1. The molecule has 4 N–H and O–H groups in total. The molecule has 0 radical (unpaired) electrons. The van der Waals surface area contributed by atoms with Gasteiger partial charge >= 0.3 is 12.1 Å². The molecule has 134 valence electrons. The predicted octanol–water partition coefficient (Wildman–Crippen LogP) is 2.58. The predicted molar refractivity (Wildman–Crippen MR) is 91.1 cm³/mol. The Morgan fingerprint density at radius 2 is 2.00 bits per heavy atom. The van der Waals surface area contributed by atoms with Crippen LogP contribution in [0.15, 0.2) is 18.2 Å². The van der Waals surface area contributed by atoms with Gasteiger partial charge < -0.3 is 25.6 Å². The zero-order chi connectivity index (χ0) is 18.3. The smallest absolute Gasteiger partial charge is 0.407 e. The summed E-state index contributed by atoms with van der Waals surface area (Å²) in [6.07, 6.45) is -0.624. The number of carboxylic acids is 1. The Balaban J connectivity index is 2.91. The Hall–Kier alpha value is -2.44. The summed E-state index contributed by atoms with van der Waals surface area (Å²) in [5, 5.41) is 11.7. The third-order valence-corrected chi connectivity index (χ3v) is 2.99. The van der Waals surface area contributed by atoms with Crippen LogP contribution in [0.25, 0.3) is 0 Å². The fourth-order valence-electron chi connectivity index (χ4n) is 2.18. The highest BCUT2D eigenvalue weighted by atomic mass is 16.6. The molecular weight excluding hydrogens is 312 g/mol. The third kappa shape index (κ3) is 7.21. The minimum Gasteiger partial charge on any atom is -0.494 e. The minimum absolute atomic E-state index is 0.237. The van der Waals surface area contributed by atoms with Gasteiger partial charge in [0.05, 0.1) is 13.0 Å². The molecule has 0 saturated heterocycles. The Morgan fingerprint density at radius 1 is 1.33 bits per heavy atom. The van der Waals surface area contributed by atoms with Crippen LogP contribution in [-0.4, -0.2) is 35.4 Å². The number of nitrogens with two attached hydrogens (primary N) is 1. The van der Waals surface area contributed by atoms with Gasteiger partial charge in [-0.1, -0.05) is 0 Å². The molecule has 0 saturated carbocycles. The van der Waals surface area contributed by atoms with Crippen molar-refractivity contribution in [3.05, 3.63) is 23.8 Å². The van der Waals surface area contributed by atoms with Crippen LogP contribution in [0.1, 0.15) is 39.7 Å². The van der Waals surface area contributed by atoms with E-state index in [0.29, 0.717) is 18.0 Å². The molecule has 1 rings (SSSR count). The van der Waals surface area contributed by atoms with E-state index in [9.17, 15) is 9.59 Å². The summed E-state index contributed by atoms with van der Waals surface area (Å²) in [6, 6.07) is 4.52. The molecule has 0 aromatic heterocycles. The highest BCUT2D eigenvalue weighted by molar-refractivity contribution is 5.71. The molecule has 1 atom stereocenters. The van der Waals surface area contributed by atoms with Crippen LogP contribution in [0.4, 0.5) is 10.5 Å². The SMILES string of the molecule is CCOc1ccc(N)cc1C[C@@H](CC(=O)O)NC(=O)OC(C)(C)C. The molecule has 1 amide bonds. The van der Waals surface area contributed by atoms with Gasteiger partial charge in [0.15, 0.2) is 0 Å². The largest absolute Gasteiger partial charge is 0.494 e. The minimum atomic E-state index is -1.02. The maximum atomic E-state index is 11.9. The second kappa shape index (κ2) is 8.42. The second-order valence-corrected chi connectivity index (χ2v) is 6.45. The van der Waals surface area contributed by atoms with Crippen LogP contribution in [0, 0.1) is 0 Å². The monoisotopic (exact) mass is 338 g/mol. The molecular formula is C17H26N2O5. The maximum absolute atomic E-state index is 11.9. The lowest BCUT2D eigenvalue weighted by Crippen LogP contribution is -2.41. The number of aliphatic carboxylic acids is 1. The molecule has 1 aromatic carbocycles. The molecule has 24 heavy (non-hydrogen) atoms. The van der Waals surface area contributed by atoms with E-state index in [0.717, 1.165) is 5.56 Å². The first-order chi connectivity index (χ1) is 11.1. The molecule has 0 aliphatic carbocycles. The molecule has 1 aromatic rings. The molecule has 0 spiro atoms. The summed E-state index contributed by atoms with van der Waals surface area (Å²) in [7, 11) is 0. The molecule has 0 aliphatic rings. The number of carboxylic acid groups (broad SMARTS) is 1. The van der Waals surface area contributed by atoms with Gasteiger partial charge in [-0.25, -0.2) is 4.79 Å². The van der Waals surface area contributed by atoms with Crippen molar-refractivity contribution in [2.45, 2.75) is 52.2 Å². The molecule has 0 heterocycles. The summed E-state index contributed by atoms with van der Waals surface area (Å²) in [5.41, 5.74) is 6.42. The number of ether oxygens (including phenoxy) is 2. The topological polar surface area (TPSA) is 111 Å². The maximum Gasteiger partial charge on any atom is 0.407 e. The number of carbonyl (C=O) groups excluding carboxylic acids is 1. The normalized spacial score (nSPS) is 12.3. The van der Waals surface area contributed by atoms with Gasteiger partial charge in [0, 0.05) is 11.7 Å². The molecule has 0 aliphatic heterocycles. The van der Waals surface area contributed by atoms with E-state index in [1.807, 2.05) is 6.92 Å². The fourth-order valence-corrected chi connectivity index (χ4v) is 2.18. The van der Waals surface area contributed by atoms with E-state index >= 15 is 0 Å². The van der Waals surface area contributed by atoms with E-state index in [1.165, 1.54) is 0 Å². The van der Waals surface area contributed by atoms with Crippen molar-refractivity contribution in [2.24, 2.45) is 0 Å². The Morgan fingerprint density at radius 3 is 2.54 bits per heavy atom. The summed E-state index contributed by atoms with van der Waals surface area (Å²) < 4.78 is 10.7. The van der Waals surface area contributed by atoms with Crippen molar-refractivity contribution in [1.29, 1.82) is 0 Å². The Kier molecular flexibility index (Phi) is 6.88. The zero-order valence-electron chi connectivity index (χ0n) is 14.6. The number of hydrogen-bond donors (Lipinski definition) is 3. The van der Waals surface area contributed by atoms with Crippen LogP contribution in [-0.2, 0) is 16.0 Å². The average molecular weight is 338 g/mol. The van der Waals surface area contributed by atoms with Crippen LogP contribution < -0.4 is 15.8 Å². The van der Waals surface area contributed by atoms with Crippen molar-refractivity contribution in [1.82, 2.24) is 5.32 Å². The third-order valence-electron chi connectivity index (χ3n) is 2.99. The molecule has 0 fully saturated rings. The molecule has 0 bridgehead atoms. The van der Waals surface area contributed by atoms with Gasteiger partial charge in [0.25, 0.3) is 0 Å². The van der Waals surface area contributed by atoms with Gasteiger partial charge in [-0.05, 0) is 57.9 Å². The first kappa shape index (κ1) is 19.6. The number of carbonyl (C=O) groups is 2. The van der Waals surface area contributed by atoms with Crippen LogP contribution >= 0.6 is 0 Å². The Bertz CT molecular complexity index is 581. The quantitative estimate of drug-likeness (QED) is 0.659. The van der Waals surface area contributed by atoms with Crippen molar-refractivity contribution in [2.75, 3.05) is 12.3 Å². The van der Waals surface area contributed by atoms with E-state index in [-0.39, 0.29) is 12.8 Å². The number of nitrogen functional groups attached to an aromatic ring is 1. The lowest BCUT2D eigenvalue weighted by Gasteiger charge is -2.23. The van der Waals surface area contributed by atoms with Crippen molar-refractivity contribution in [3.8, 4) is 5.75 Å². The lowest BCUT2D eigenvalue weighted by molar-refractivity contribution is -0.137. The lowest BCUT2D eigenvalue weighted by atomic mass is 10.0. The first-order valence-corrected chi connectivity index (χ1v) is 7.83. The average Bonchev–Trinajstić information content (AvgIpc) is 2.38. The van der Waals surface area contributed by atoms with Gasteiger partial charge in [0.1, 0.15) is 11.4 Å². The van der Waals surface area contributed by atoms with Crippen molar-refractivity contribution < 1.29 is 24.2 Å². The van der Waals surface area contributed by atoms with Gasteiger partial charge in [-0.2, -0.15) is 0 Å². The number of hydrogen-bond acceptors (Lipinski definition) is 5. The molecule has 0 unspecified atom stereocenters. The van der Waals surface area contributed by atoms with Crippen LogP contribution in [0.5, 0.6) is 5.75 Å². The van der Waals surface area contributed by atoms with Crippen molar-refractivity contribution >= 4 is 17.7 Å². The number of nitrogens with one attached hydrogen (secondary N) is 1. The van der Waals surface area contributed by atoms with E-state index in [4.69, 9.17) is 20.3 Å². The summed E-state index contributed by atoms with van der Waals surface area (Å²) >= 11 is 0. The summed E-state index contributed by atoms with van der Waals surface area (Å²) in [5.74, 6) is -0.397. The summed E-state index contributed by atoms with van der Waals surface area (Å²) in [6.45, 7) is 7.55. The van der Waals surface area contributed by atoms with Crippen molar-refractivity contribution in [3.63, 3.8) is 0 Å². The van der Waals surface area contributed by atoms with Gasteiger partial charge in [-0.3, -0.25) is 4.79 Å². The van der Waals surface area contributed by atoms with E-state index in [1.54, 1.807) is 39.0 Å². The van der Waals surface area contributed by atoms with Gasteiger partial charge in [0.2, 0.25) is 0 Å². The Labute approximate surface area is 142 Å². The van der Waals surface area contributed by atoms with Crippen LogP contribution in [0.2, 0.25) is 0 Å². The number of rotatable bonds is 7. The van der Waals surface area contributed by atoms with Gasteiger partial charge in [-0.15, -0.1) is 0 Å². The number of amides is 1. The standard InChI is InChI=1S/C17H26N2O5/c1-5-23-14-7-6-12(18)8-11(14)9-13(10-15(20)21)19-16(22)24-17(2,3)4/h6-8,13H,5,9-10,18H2,1-4H3,(H,19,22)(H,20,21)/t13-/m0/s1. The highest BCUT2D eigenvalue weighted by Gasteiger charge is 2.22. The highest BCUT2D eigenvalue weighted by Crippen LogP contribution is 2.24. The number of benzene rings is 1. The van der Waals surface area contributed by atoms with E-state index in [2.05, 4.69) is 5.32 Å². The zero-order valence-corrected chi connectivity index (χ0v) is 14.6. The summed E-state index contributed by atoms with van der Waals surface area (Å²) in [4.78, 5) is 23.0. The number of alkyl carbamates (subject to hydrolysis) is 1. The molecule has 7 nitrogen and oxygen atoms in total.